The van der Waals surface area contributed by atoms with Gasteiger partial charge in [-0.05, 0) is 31.0 Å². The Labute approximate surface area is 113 Å². The van der Waals surface area contributed by atoms with Gasteiger partial charge in [0.2, 0.25) is 10.0 Å². The van der Waals surface area contributed by atoms with Crippen molar-refractivity contribution in [2.45, 2.75) is 23.8 Å². The summed E-state index contributed by atoms with van der Waals surface area (Å²) in [6, 6.07) is 3.17. The van der Waals surface area contributed by atoms with Crippen molar-refractivity contribution in [2.24, 2.45) is 0 Å². The molecule has 0 saturated carbocycles. The van der Waals surface area contributed by atoms with E-state index in [0.29, 0.717) is 24.3 Å². The summed E-state index contributed by atoms with van der Waals surface area (Å²) >= 11 is 0. The predicted octanol–water partition coefficient (Wildman–Crippen LogP) is 0.597. The summed E-state index contributed by atoms with van der Waals surface area (Å²) in [7, 11) is -4.77. The molecule has 0 unspecified atom stereocenters. The van der Waals surface area contributed by atoms with Gasteiger partial charge in [-0.25, -0.2) is 17.5 Å². The summed E-state index contributed by atoms with van der Waals surface area (Å²) in [5, 5.41) is 0. The molecule has 5 nitrogen and oxygen atoms in total. The highest BCUT2D eigenvalue weighted by molar-refractivity contribution is 7.89. The first-order chi connectivity index (χ1) is 8.88. The van der Waals surface area contributed by atoms with Crippen molar-refractivity contribution in [3.8, 4) is 0 Å². The molecule has 1 fully saturated rings. The van der Waals surface area contributed by atoms with Gasteiger partial charge in [0.15, 0.2) is 0 Å². The zero-order chi connectivity index (χ0) is 14.0. The van der Waals surface area contributed by atoms with Crippen LogP contribution >= 0.6 is 0 Å². The molecule has 0 bridgehead atoms. The molecule has 106 valence electrons. The second-order valence-electron chi connectivity index (χ2n) is 4.43. The molecule has 1 heterocycles. The fourth-order valence-electron chi connectivity index (χ4n) is 1.93. The number of nitrogens with one attached hydrogen (secondary N) is 1. The molecule has 1 aliphatic rings. The third-order valence-corrected chi connectivity index (χ3v) is 5.89. The van der Waals surface area contributed by atoms with Crippen LogP contribution in [-0.2, 0) is 20.8 Å². The Morgan fingerprint density at radius 2 is 1.95 bits per heavy atom. The van der Waals surface area contributed by atoms with Crippen molar-refractivity contribution in [1.29, 1.82) is 0 Å². The van der Waals surface area contributed by atoms with Gasteiger partial charge in [-0.2, -0.15) is 0 Å². The second kappa shape index (κ2) is 5.56. The molecule has 1 aromatic carbocycles. The van der Waals surface area contributed by atoms with E-state index in [2.05, 4.69) is 4.72 Å². The van der Waals surface area contributed by atoms with Gasteiger partial charge in [0, 0.05) is 34.0 Å². The lowest BCUT2D eigenvalue weighted by Gasteiger charge is -2.22. The number of nitrogen functional groups attached to an aromatic ring is 1. The highest BCUT2D eigenvalue weighted by Gasteiger charge is 2.26. The first-order valence-corrected chi connectivity index (χ1v) is 8.78. The van der Waals surface area contributed by atoms with Crippen molar-refractivity contribution >= 4 is 26.5 Å². The summed E-state index contributed by atoms with van der Waals surface area (Å²) in [5.41, 5.74) is 5.55. The zero-order valence-electron chi connectivity index (χ0n) is 10.1. The van der Waals surface area contributed by atoms with E-state index < -0.39 is 31.5 Å². The van der Waals surface area contributed by atoms with Gasteiger partial charge in [0.05, 0.1) is 0 Å². The Bertz CT molecular complexity index is 594. The summed E-state index contributed by atoms with van der Waals surface area (Å²) in [6.07, 6.45) is 1.00. The first kappa shape index (κ1) is 14.4. The smallest absolute Gasteiger partial charge is 0.243 e. The van der Waals surface area contributed by atoms with Gasteiger partial charge in [-0.3, -0.25) is 4.21 Å². The lowest BCUT2D eigenvalue weighted by atomic mass is 10.2. The molecular formula is C11H15FN2O3S2. The van der Waals surface area contributed by atoms with Crippen LogP contribution in [0.2, 0.25) is 0 Å². The van der Waals surface area contributed by atoms with Crippen molar-refractivity contribution < 1.29 is 17.0 Å². The molecule has 19 heavy (non-hydrogen) atoms. The standard InChI is InChI=1S/C11H15FN2O3S2/c12-10-7-8(13)1-2-11(10)19(16,17)14-9-3-5-18(15)6-4-9/h1-2,7,9,14H,3-6,13H2. The predicted molar refractivity (Wildman–Crippen MR) is 72.0 cm³/mol. The van der Waals surface area contributed by atoms with Crippen LogP contribution in [0.25, 0.3) is 0 Å². The third kappa shape index (κ3) is 3.52. The second-order valence-corrected chi connectivity index (χ2v) is 7.81. The Balaban J connectivity index is 2.16. The monoisotopic (exact) mass is 306 g/mol. The van der Waals surface area contributed by atoms with Crippen LogP contribution in [0.5, 0.6) is 0 Å². The Kier molecular flexibility index (Phi) is 4.22. The maximum Gasteiger partial charge on any atom is 0.243 e. The number of anilines is 1. The van der Waals surface area contributed by atoms with Crippen LogP contribution in [0.1, 0.15) is 12.8 Å². The lowest BCUT2D eigenvalue weighted by Crippen LogP contribution is -2.39. The fourth-order valence-corrected chi connectivity index (χ4v) is 4.59. The molecule has 0 spiro atoms. The quantitative estimate of drug-likeness (QED) is 0.800. The number of rotatable bonds is 3. The minimum atomic E-state index is -3.90. The molecule has 0 radical (unpaired) electrons. The summed E-state index contributed by atoms with van der Waals surface area (Å²) in [5.74, 6) is 0.0707. The van der Waals surface area contributed by atoms with Crippen molar-refractivity contribution in [3.05, 3.63) is 24.0 Å². The number of hydrogen-bond acceptors (Lipinski definition) is 4. The maximum absolute atomic E-state index is 13.6. The number of hydrogen-bond donors (Lipinski definition) is 2. The minimum absolute atomic E-state index is 0.171. The van der Waals surface area contributed by atoms with E-state index in [1.807, 2.05) is 0 Å². The molecule has 3 N–H and O–H groups in total. The first-order valence-electron chi connectivity index (χ1n) is 5.81. The number of nitrogens with two attached hydrogens (primary N) is 1. The molecule has 0 aromatic heterocycles. The van der Waals surface area contributed by atoms with Crippen LogP contribution in [-0.4, -0.2) is 30.2 Å². The average molecular weight is 306 g/mol. The van der Waals surface area contributed by atoms with Gasteiger partial charge < -0.3 is 5.73 Å². The van der Waals surface area contributed by atoms with E-state index >= 15 is 0 Å². The SMILES string of the molecule is Nc1ccc(S(=O)(=O)NC2CCS(=O)CC2)c(F)c1. The molecule has 0 amide bonds. The minimum Gasteiger partial charge on any atom is -0.399 e. The van der Waals surface area contributed by atoms with Crippen LogP contribution in [0.3, 0.4) is 0 Å². The normalized spacial score (nSPS) is 24.3. The van der Waals surface area contributed by atoms with E-state index in [-0.39, 0.29) is 11.7 Å². The molecule has 1 aromatic rings. The summed E-state index contributed by atoms with van der Waals surface area (Å²) in [4.78, 5) is -0.409. The lowest BCUT2D eigenvalue weighted by molar-refractivity contribution is 0.514. The Morgan fingerprint density at radius 3 is 2.53 bits per heavy atom. The van der Waals surface area contributed by atoms with E-state index in [9.17, 15) is 17.0 Å². The molecule has 8 heteroatoms. The number of sulfonamides is 1. The van der Waals surface area contributed by atoms with Crippen LogP contribution < -0.4 is 10.5 Å². The Hall–Kier alpha value is -0.990. The largest absolute Gasteiger partial charge is 0.399 e. The van der Waals surface area contributed by atoms with Gasteiger partial charge in [-0.15, -0.1) is 0 Å². The van der Waals surface area contributed by atoms with Crippen molar-refractivity contribution in [3.63, 3.8) is 0 Å². The van der Waals surface area contributed by atoms with Crippen molar-refractivity contribution in [2.75, 3.05) is 17.2 Å². The zero-order valence-corrected chi connectivity index (χ0v) is 11.8. The van der Waals surface area contributed by atoms with Gasteiger partial charge in [-0.1, -0.05) is 0 Å². The highest BCUT2D eigenvalue weighted by Crippen LogP contribution is 2.19. The van der Waals surface area contributed by atoms with Crippen molar-refractivity contribution in [1.82, 2.24) is 4.72 Å². The maximum atomic E-state index is 13.6. The van der Waals surface area contributed by atoms with Crippen LogP contribution in [0.15, 0.2) is 23.1 Å². The molecule has 1 saturated heterocycles. The molecule has 2 rings (SSSR count). The summed E-state index contributed by atoms with van der Waals surface area (Å²) in [6.45, 7) is 0. The summed E-state index contributed by atoms with van der Waals surface area (Å²) < 4.78 is 51.4. The average Bonchev–Trinajstić information content (AvgIpc) is 2.31. The van der Waals surface area contributed by atoms with Crippen LogP contribution in [0.4, 0.5) is 10.1 Å². The van der Waals surface area contributed by atoms with E-state index in [1.165, 1.54) is 6.07 Å². The van der Waals surface area contributed by atoms with E-state index in [0.717, 1.165) is 12.1 Å². The van der Waals surface area contributed by atoms with E-state index in [1.54, 1.807) is 0 Å². The topological polar surface area (TPSA) is 89.3 Å². The molecular weight excluding hydrogens is 291 g/mol. The molecule has 0 atom stereocenters. The van der Waals surface area contributed by atoms with E-state index in [4.69, 9.17) is 5.73 Å². The highest BCUT2D eigenvalue weighted by atomic mass is 32.2. The Morgan fingerprint density at radius 1 is 1.32 bits per heavy atom. The van der Waals surface area contributed by atoms with Gasteiger partial charge in [0.25, 0.3) is 0 Å². The van der Waals surface area contributed by atoms with Gasteiger partial charge in [0.1, 0.15) is 10.7 Å². The number of halogens is 1. The third-order valence-electron chi connectivity index (χ3n) is 2.96. The van der Waals surface area contributed by atoms with Gasteiger partial charge >= 0.3 is 0 Å². The fraction of sp³-hybridized carbons (Fsp3) is 0.455. The molecule has 0 aliphatic carbocycles. The number of benzene rings is 1. The van der Waals surface area contributed by atoms with Crippen LogP contribution in [0, 0.1) is 5.82 Å². The molecule has 1 aliphatic heterocycles.